The zero-order valence-corrected chi connectivity index (χ0v) is 21.1. The molecule has 4 heteroatoms. The second-order valence-corrected chi connectivity index (χ2v) is 9.32. The Morgan fingerprint density at radius 2 is 1.60 bits per heavy atom. The van der Waals surface area contributed by atoms with Gasteiger partial charge >= 0.3 is 0 Å². The highest BCUT2D eigenvalue weighted by Crippen LogP contribution is 2.40. The molecule has 1 unspecified atom stereocenters. The van der Waals surface area contributed by atoms with Gasteiger partial charge in [-0.25, -0.2) is 0 Å². The minimum absolute atomic E-state index is 0.574. The Bertz CT molecular complexity index is 734. The second-order valence-electron chi connectivity index (χ2n) is 8.12. The lowest BCUT2D eigenvalue weighted by Gasteiger charge is -2.19. The maximum atomic E-state index is 6.64. The van der Waals surface area contributed by atoms with Crippen molar-refractivity contribution in [2.24, 2.45) is 5.92 Å². The van der Waals surface area contributed by atoms with Crippen LogP contribution in [0.15, 0.2) is 30.3 Å². The Morgan fingerprint density at radius 1 is 0.900 bits per heavy atom. The van der Waals surface area contributed by atoms with Gasteiger partial charge in [0.1, 0.15) is 11.5 Å². The number of fused-ring (bicyclic) bond motifs is 1. The monoisotopic (exact) mass is 496 g/mol. The van der Waals surface area contributed by atoms with Gasteiger partial charge in [0.2, 0.25) is 0 Å². The van der Waals surface area contributed by atoms with E-state index in [0.717, 1.165) is 53.7 Å². The van der Waals surface area contributed by atoms with Crippen molar-refractivity contribution in [3.05, 3.63) is 35.4 Å². The molecular weight excluding hydrogens is 460 g/mol. The average Bonchev–Trinajstić information content (AvgIpc) is 2.77. The van der Waals surface area contributed by atoms with Crippen LogP contribution in [-0.2, 0) is 0 Å². The molecule has 0 radical (unpaired) electrons. The third-order valence-corrected chi connectivity index (χ3v) is 6.55. The summed E-state index contributed by atoms with van der Waals surface area (Å²) < 4.78 is 12.4. The molecule has 2 aromatic rings. The van der Waals surface area contributed by atoms with Crippen molar-refractivity contribution in [3.8, 4) is 11.5 Å². The summed E-state index contributed by atoms with van der Waals surface area (Å²) in [6, 6.07) is 10.2. The van der Waals surface area contributed by atoms with E-state index < -0.39 is 0 Å². The maximum absolute atomic E-state index is 6.64. The first-order valence-electron chi connectivity index (χ1n) is 11.7. The van der Waals surface area contributed by atoms with Crippen molar-refractivity contribution < 1.29 is 9.47 Å². The molecule has 1 atom stereocenters. The van der Waals surface area contributed by atoms with E-state index >= 15 is 0 Å². The fourth-order valence-corrected chi connectivity index (χ4v) is 4.39. The summed E-state index contributed by atoms with van der Waals surface area (Å²) in [5.41, 5.74) is 0. The van der Waals surface area contributed by atoms with Gasteiger partial charge in [0.25, 0.3) is 0 Å². The topological polar surface area (TPSA) is 18.5 Å². The highest BCUT2D eigenvalue weighted by molar-refractivity contribution is 9.09. The van der Waals surface area contributed by atoms with E-state index in [4.69, 9.17) is 21.1 Å². The largest absolute Gasteiger partial charge is 0.493 e. The number of halogens is 2. The number of hydrogen-bond acceptors (Lipinski definition) is 2. The molecule has 0 fully saturated rings. The Balaban J connectivity index is 1.98. The van der Waals surface area contributed by atoms with E-state index in [0.29, 0.717) is 10.9 Å². The molecule has 0 aliphatic heterocycles. The molecule has 2 nitrogen and oxygen atoms in total. The molecule has 0 saturated carbocycles. The van der Waals surface area contributed by atoms with Crippen LogP contribution in [0, 0.1) is 5.92 Å². The van der Waals surface area contributed by atoms with Crippen LogP contribution in [0.2, 0.25) is 5.02 Å². The molecular formula is C26H38BrClO2. The number of unbranched alkanes of at least 4 members (excludes halogenated alkanes) is 6. The quantitative estimate of drug-likeness (QED) is 0.170. The predicted octanol–water partition coefficient (Wildman–Crippen LogP) is 9.20. The van der Waals surface area contributed by atoms with E-state index in [2.05, 4.69) is 41.9 Å². The standard InChI is InChI=1S/C26H38BrClO2/c1-3-5-14-21(4-2)20-30-26-23-16-11-10-15-22(23)25(19-24(26)28)29-18-13-9-7-6-8-12-17-27/h10-11,15-16,19,21H,3-9,12-14,17-18,20H2,1-2H3. The van der Waals surface area contributed by atoms with E-state index in [1.54, 1.807) is 0 Å². The first-order valence-corrected chi connectivity index (χ1v) is 13.2. The third kappa shape index (κ3) is 8.30. The molecule has 2 aromatic carbocycles. The molecule has 0 aromatic heterocycles. The lowest BCUT2D eigenvalue weighted by Crippen LogP contribution is -2.12. The van der Waals surface area contributed by atoms with Gasteiger partial charge in [0.15, 0.2) is 0 Å². The van der Waals surface area contributed by atoms with Crippen LogP contribution in [0.1, 0.15) is 78.1 Å². The molecule has 2 rings (SSSR count). The fourth-order valence-electron chi connectivity index (χ4n) is 3.73. The Labute approximate surface area is 196 Å². The first kappa shape index (κ1) is 25.3. The Morgan fingerprint density at radius 3 is 2.30 bits per heavy atom. The van der Waals surface area contributed by atoms with Gasteiger partial charge < -0.3 is 9.47 Å². The molecule has 0 saturated heterocycles. The van der Waals surface area contributed by atoms with Crippen LogP contribution in [0.5, 0.6) is 11.5 Å². The van der Waals surface area contributed by atoms with Crippen LogP contribution in [-0.4, -0.2) is 18.5 Å². The number of alkyl halides is 1. The first-order chi connectivity index (χ1) is 14.7. The Kier molecular flexibility index (Phi) is 12.6. The van der Waals surface area contributed by atoms with Crippen LogP contribution < -0.4 is 9.47 Å². The van der Waals surface area contributed by atoms with Crippen LogP contribution >= 0.6 is 27.5 Å². The van der Waals surface area contributed by atoms with Gasteiger partial charge in [-0.15, -0.1) is 0 Å². The van der Waals surface area contributed by atoms with Crippen molar-refractivity contribution in [1.29, 1.82) is 0 Å². The zero-order chi connectivity index (χ0) is 21.6. The normalized spacial score (nSPS) is 12.3. The molecule has 0 N–H and O–H groups in total. The van der Waals surface area contributed by atoms with E-state index in [-0.39, 0.29) is 0 Å². The maximum Gasteiger partial charge on any atom is 0.145 e. The van der Waals surface area contributed by atoms with Gasteiger partial charge in [0.05, 0.1) is 18.2 Å². The van der Waals surface area contributed by atoms with Gasteiger partial charge in [-0.2, -0.15) is 0 Å². The molecule has 0 amide bonds. The predicted molar refractivity (Wildman–Crippen MR) is 135 cm³/mol. The van der Waals surface area contributed by atoms with E-state index in [1.807, 2.05) is 18.2 Å². The minimum Gasteiger partial charge on any atom is -0.493 e. The molecule has 0 aliphatic carbocycles. The average molecular weight is 498 g/mol. The third-order valence-electron chi connectivity index (χ3n) is 5.70. The molecule has 0 bridgehead atoms. The van der Waals surface area contributed by atoms with Crippen LogP contribution in [0.3, 0.4) is 0 Å². The van der Waals surface area contributed by atoms with E-state index in [1.165, 1.54) is 51.4 Å². The summed E-state index contributed by atoms with van der Waals surface area (Å²) in [5, 5.41) is 3.88. The zero-order valence-electron chi connectivity index (χ0n) is 18.7. The Hall–Kier alpha value is -0.930. The number of benzene rings is 2. The summed E-state index contributed by atoms with van der Waals surface area (Å²) in [7, 11) is 0. The highest BCUT2D eigenvalue weighted by Gasteiger charge is 2.15. The number of rotatable bonds is 16. The van der Waals surface area contributed by atoms with Gasteiger partial charge in [-0.05, 0) is 25.2 Å². The summed E-state index contributed by atoms with van der Waals surface area (Å²) in [4.78, 5) is 0. The minimum atomic E-state index is 0.574. The van der Waals surface area contributed by atoms with Gasteiger partial charge in [-0.1, -0.05) is 111 Å². The molecule has 0 spiro atoms. The SMILES string of the molecule is CCCCC(CC)COc1c(Cl)cc(OCCCCCCCCBr)c2ccccc12. The lowest BCUT2D eigenvalue weighted by atomic mass is 10.0. The molecule has 0 heterocycles. The van der Waals surface area contributed by atoms with Crippen molar-refractivity contribution in [2.75, 3.05) is 18.5 Å². The number of ether oxygens (including phenoxy) is 2. The second kappa shape index (κ2) is 15.0. The van der Waals surface area contributed by atoms with Crippen molar-refractivity contribution in [1.82, 2.24) is 0 Å². The van der Waals surface area contributed by atoms with E-state index in [9.17, 15) is 0 Å². The highest BCUT2D eigenvalue weighted by atomic mass is 79.9. The summed E-state index contributed by atoms with van der Waals surface area (Å²) in [5.74, 6) is 2.23. The smallest absolute Gasteiger partial charge is 0.145 e. The van der Waals surface area contributed by atoms with Gasteiger partial charge in [-0.3, -0.25) is 0 Å². The summed E-state index contributed by atoms with van der Waals surface area (Å²) in [6.07, 6.45) is 12.3. The molecule has 30 heavy (non-hydrogen) atoms. The van der Waals surface area contributed by atoms with Gasteiger partial charge in [0, 0.05) is 22.2 Å². The van der Waals surface area contributed by atoms with Crippen LogP contribution in [0.4, 0.5) is 0 Å². The van der Waals surface area contributed by atoms with Crippen molar-refractivity contribution in [3.63, 3.8) is 0 Å². The summed E-state index contributed by atoms with van der Waals surface area (Å²) in [6.45, 7) is 5.92. The number of hydrogen-bond donors (Lipinski definition) is 0. The lowest BCUT2D eigenvalue weighted by molar-refractivity contribution is 0.235. The summed E-state index contributed by atoms with van der Waals surface area (Å²) >= 11 is 10.1. The molecule has 0 aliphatic rings. The fraction of sp³-hybridized carbons (Fsp3) is 0.615. The van der Waals surface area contributed by atoms with Crippen LogP contribution in [0.25, 0.3) is 10.8 Å². The van der Waals surface area contributed by atoms with Crippen molar-refractivity contribution in [2.45, 2.75) is 78.1 Å². The molecule has 168 valence electrons. The van der Waals surface area contributed by atoms with Crippen molar-refractivity contribution >= 4 is 38.3 Å².